The first-order valence-electron chi connectivity index (χ1n) is 15.7. The molecular formula is C35H45N3O3. The van der Waals surface area contributed by atoms with Gasteiger partial charge in [0.05, 0.1) is 5.69 Å². The van der Waals surface area contributed by atoms with E-state index in [2.05, 4.69) is 72.2 Å². The van der Waals surface area contributed by atoms with Crippen molar-refractivity contribution in [3.63, 3.8) is 0 Å². The number of likely N-dealkylation sites (tertiary alicyclic amines) is 2. The van der Waals surface area contributed by atoms with Crippen molar-refractivity contribution >= 4 is 5.97 Å². The first-order chi connectivity index (χ1) is 20.0. The summed E-state index contributed by atoms with van der Waals surface area (Å²) in [5.74, 6) is 3.11. The molecule has 6 nitrogen and oxygen atoms in total. The van der Waals surface area contributed by atoms with Gasteiger partial charge < -0.3 is 14.4 Å². The Labute approximate surface area is 244 Å². The molecule has 3 aromatic rings. The molecule has 0 bridgehead atoms. The molecule has 1 N–H and O–H groups in total. The van der Waals surface area contributed by atoms with E-state index in [1.54, 1.807) is 0 Å². The third kappa shape index (κ3) is 6.76. The number of aryl methyl sites for hydroxylation is 2. The van der Waals surface area contributed by atoms with E-state index in [0.717, 1.165) is 82.2 Å². The van der Waals surface area contributed by atoms with Crippen molar-refractivity contribution in [1.29, 1.82) is 0 Å². The summed E-state index contributed by atoms with van der Waals surface area (Å²) in [6, 6.07) is 19.0. The summed E-state index contributed by atoms with van der Waals surface area (Å²) in [4.78, 5) is 22.1. The Morgan fingerprint density at radius 1 is 1.05 bits per heavy atom. The molecular weight excluding hydrogens is 510 g/mol. The number of hydrogen-bond acceptors (Lipinski definition) is 5. The summed E-state index contributed by atoms with van der Waals surface area (Å²) in [6.07, 6.45) is 6.98. The molecule has 0 amide bonds. The topological polar surface area (TPSA) is 69.8 Å². The lowest BCUT2D eigenvalue weighted by molar-refractivity contribution is -0.143. The molecule has 1 aromatic heterocycles. The normalized spacial score (nSPS) is 23.2. The number of carboxylic acids is 1. The fourth-order valence-electron chi connectivity index (χ4n) is 7.24. The summed E-state index contributed by atoms with van der Waals surface area (Å²) in [5.41, 5.74) is 4.99. The average molecular weight is 556 g/mol. The maximum absolute atomic E-state index is 12.3. The molecule has 6 rings (SSSR count). The molecule has 6 heteroatoms. The van der Waals surface area contributed by atoms with Crippen LogP contribution in [0.4, 0.5) is 0 Å². The van der Waals surface area contributed by atoms with Gasteiger partial charge in [0.1, 0.15) is 11.8 Å². The Morgan fingerprint density at radius 3 is 2.51 bits per heavy atom. The van der Waals surface area contributed by atoms with Gasteiger partial charge in [-0.3, -0.25) is 9.69 Å². The third-order valence-corrected chi connectivity index (χ3v) is 9.67. The second kappa shape index (κ2) is 12.5. The van der Waals surface area contributed by atoms with E-state index in [9.17, 15) is 9.90 Å². The van der Waals surface area contributed by atoms with Crippen LogP contribution < -0.4 is 0 Å². The number of hydrogen-bond donors (Lipinski definition) is 1. The van der Waals surface area contributed by atoms with Gasteiger partial charge >= 0.3 is 5.97 Å². The highest BCUT2D eigenvalue weighted by atomic mass is 16.4. The second-order valence-corrected chi connectivity index (χ2v) is 12.8. The largest absolute Gasteiger partial charge is 0.480 e. The van der Waals surface area contributed by atoms with Gasteiger partial charge in [0, 0.05) is 37.9 Å². The molecule has 218 valence electrons. The predicted molar refractivity (Wildman–Crippen MR) is 161 cm³/mol. The van der Waals surface area contributed by atoms with Gasteiger partial charge in [0.15, 0.2) is 5.89 Å². The molecule has 2 aliphatic heterocycles. The minimum absolute atomic E-state index is 0.352. The van der Waals surface area contributed by atoms with Crippen molar-refractivity contribution in [3.05, 3.63) is 88.6 Å². The van der Waals surface area contributed by atoms with E-state index in [-0.39, 0.29) is 6.04 Å². The molecule has 3 aliphatic rings. The highest BCUT2D eigenvalue weighted by molar-refractivity contribution is 5.73. The fraction of sp³-hybridized carbons (Fsp3) is 0.543. The molecule has 3 fully saturated rings. The molecule has 0 spiro atoms. The van der Waals surface area contributed by atoms with E-state index in [0.29, 0.717) is 23.7 Å². The summed E-state index contributed by atoms with van der Waals surface area (Å²) in [6.45, 7) is 9.15. The summed E-state index contributed by atoms with van der Waals surface area (Å²) >= 11 is 0. The maximum Gasteiger partial charge on any atom is 0.320 e. The molecule has 1 saturated carbocycles. The summed E-state index contributed by atoms with van der Waals surface area (Å²) in [5, 5.41) is 10.1. The summed E-state index contributed by atoms with van der Waals surface area (Å²) < 4.78 is 6.41. The van der Waals surface area contributed by atoms with Crippen LogP contribution >= 0.6 is 0 Å². The molecule has 3 atom stereocenters. The SMILES string of the molecule is CCc1nc(Cc2ccccc2)oc1C1CCN(CC2CN(C(CC3CC3)C(=O)O)CC2c2cccc(C)c2)CC1. The van der Waals surface area contributed by atoms with Crippen molar-refractivity contribution in [2.75, 3.05) is 32.7 Å². The molecule has 3 heterocycles. The van der Waals surface area contributed by atoms with E-state index in [1.165, 1.54) is 29.5 Å². The minimum Gasteiger partial charge on any atom is -0.480 e. The number of oxazole rings is 1. The second-order valence-electron chi connectivity index (χ2n) is 12.8. The van der Waals surface area contributed by atoms with Crippen molar-refractivity contribution in [1.82, 2.24) is 14.8 Å². The van der Waals surface area contributed by atoms with Crippen molar-refractivity contribution in [2.24, 2.45) is 11.8 Å². The van der Waals surface area contributed by atoms with Gasteiger partial charge in [0.25, 0.3) is 0 Å². The van der Waals surface area contributed by atoms with Crippen molar-refractivity contribution in [2.45, 2.75) is 76.7 Å². The van der Waals surface area contributed by atoms with Crippen LogP contribution in [0.5, 0.6) is 0 Å². The number of piperidine rings is 1. The highest BCUT2D eigenvalue weighted by Gasteiger charge is 2.42. The zero-order valence-electron chi connectivity index (χ0n) is 24.7. The number of benzene rings is 2. The Balaban J connectivity index is 1.12. The van der Waals surface area contributed by atoms with Crippen molar-refractivity contribution < 1.29 is 14.3 Å². The van der Waals surface area contributed by atoms with E-state index < -0.39 is 5.97 Å². The Bertz CT molecular complexity index is 1310. The van der Waals surface area contributed by atoms with Gasteiger partial charge in [-0.25, -0.2) is 4.98 Å². The number of aliphatic carboxylic acids is 1. The summed E-state index contributed by atoms with van der Waals surface area (Å²) in [7, 11) is 0. The van der Waals surface area contributed by atoms with E-state index >= 15 is 0 Å². The number of rotatable bonds is 11. The van der Waals surface area contributed by atoms with Crippen LogP contribution in [0.25, 0.3) is 0 Å². The van der Waals surface area contributed by atoms with Crippen LogP contribution in [0.2, 0.25) is 0 Å². The van der Waals surface area contributed by atoms with E-state index in [4.69, 9.17) is 9.40 Å². The van der Waals surface area contributed by atoms with Crippen LogP contribution in [0.15, 0.2) is 59.0 Å². The number of carbonyl (C=O) groups is 1. The number of carboxylic acid groups (broad SMARTS) is 1. The quantitative estimate of drug-likeness (QED) is 0.300. The lowest BCUT2D eigenvalue weighted by Gasteiger charge is -2.34. The van der Waals surface area contributed by atoms with Crippen LogP contribution in [-0.2, 0) is 17.6 Å². The lowest BCUT2D eigenvalue weighted by atomic mass is 9.86. The molecule has 41 heavy (non-hydrogen) atoms. The number of nitrogens with zero attached hydrogens (tertiary/aromatic N) is 3. The molecule has 3 unspecified atom stereocenters. The zero-order valence-corrected chi connectivity index (χ0v) is 24.7. The number of aromatic nitrogens is 1. The predicted octanol–water partition coefficient (Wildman–Crippen LogP) is 6.28. The lowest BCUT2D eigenvalue weighted by Crippen LogP contribution is -2.41. The van der Waals surface area contributed by atoms with Gasteiger partial charge in [0.2, 0.25) is 0 Å². The third-order valence-electron chi connectivity index (χ3n) is 9.67. The Morgan fingerprint density at radius 2 is 1.83 bits per heavy atom. The Hall–Kier alpha value is -2.96. The maximum atomic E-state index is 12.3. The van der Waals surface area contributed by atoms with Crippen LogP contribution in [-0.4, -0.2) is 64.6 Å². The average Bonchev–Trinajstić information content (AvgIpc) is 3.57. The first-order valence-corrected chi connectivity index (χ1v) is 15.7. The smallest absolute Gasteiger partial charge is 0.320 e. The fourth-order valence-corrected chi connectivity index (χ4v) is 7.24. The van der Waals surface area contributed by atoms with Crippen LogP contribution in [0, 0.1) is 18.8 Å². The molecule has 1 aliphatic carbocycles. The minimum atomic E-state index is -0.647. The molecule has 0 radical (unpaired) electrons. The Kier molecular flexibility index (Phi) is 8.59. The van der Waals surface area contributed by atoms with Gasteiger partial charge in [-0.05, 0) is 68.7 Å². The van der Waals surface area contributed by atoms with Crippen molar-refractivity contribution in [3.8, 4) is 0 Å². The van der Waals surface area contributed by atoms with Gasteiger partial charge in [-0.15, -0.1) is 0 Å². The standard InChI is InChI=1S/C35H45N3O3/c1-3-31-34(41-33(36-31)20-25-9-5-4-6-10-25)27-14-16-37(17-15-27)21-29-22-38(32(35(39)40)19-26-12-13-26)23-30(29)28-11-7-8-24(2)18-28/h4-11,18,26-27,29-30,32H,3,12-17,19-23H2,1-2H3,(H,39,40). The molecule has 2 saturated heterocycles. The van der Waals surface area contributed by atoms with Gasteiger partial charge in [-0.2, -0.15) is 0 Å². The first kappa shape index (κ1) is 28.2. The zero-order chi connectivity index (χ0) is 28.3. The molecule has 2 aromatic carbocycles. The van der Waals surface area contributed by atoms with E-state index in [1.807, 2.05) is 6.07 Å². The van der Waals surface area contributed by atoms with Gasteiger partial charge in [-0.1, -0.05) is 79.9 Å². The van der Waals surface area contributed by atoms with Crippen LogP contribution in [0.1, 0.15) is 84.9 Å². The highest BCUT2D eigenvalue weighted by Crippen LogP contribution is 2.40. The monoisotopic (exact) mass is 555 g/mol. The van der Waals surface area contributed by atoms with Crippen LogP contribution in [0.3, 0.4) is 0 Å².